The van der Waals surface area contributed by atoms with Gasteiger partial charge in [-0.1, -0.05) is 13.8 Å². The zero-order valence-corrected chi connectivity index (χ0v) is 22.2. The number of aryl methyl sites for hydroxylation is 1. The second kappa shape index (κ2) is 10.0. The highest BCUT2D eigenvalue weighted by atomic mass is 32.2. The lowest BCUT2D eigenvalue weighted by Gasteiger charge is -2.38. The summed E-state index contributed by atoms with van der Waals surface area (Å²) in [4.78, 5) is 9.57. The van der Waals surface area contributed by atoms with Gasteiger partial charge in [0.05, 0.1) is 10.5 Å². The molecule has 0 radical (unpaired) electrons. The zero-order chi connectivity index (χ0) is 27.2. The summed E-state index contributed by atoms with van der Waals surface area (Å²) in [5, 5.41) is 13.3. The van der Waals surface area contributed by atoms with Gasteiger partial charge in [-0.15, -0.1) is 0 Å². The first kappa shape index (κ1) is 27.6. The minimum absolute atomic E-state index is 0.0179. The van der Waals surface area contributed by atoms with E-state index in [1.807, 2.05) is 0 Å². The summed E-state index contributed by atoms with van der Waals surface area (Å²) in [7, 11) is -3.70. The number of nitrogens with one attached hydrogen (secondary N) is 2. The number of halogens is 3. The van der Waals surface area contributed by atoms with Crippen molar-refractivity contribution in [3.8, 4) is 0 Å². The van der Waals surface area contributed by atoms with Gasteiger partial charge in [0.1, 0.15) is 11.4 Å². The Hall–Kier alpha value is -2.44. The Morgan fingerprint density at radius 1 is 1.24 bits per heavy atom. The van der Waals surface area contributed by atoms with Crippen LogP contribution in [-0.4, -0.2) is 48.2 Å². The van der Waals surface area contributed by atoms with Gasteiger partial charge < -0.3 is 15.3 Å². The minimum atomic E-state index is -4.66. The van der Waals surface area contributed by atoms with Crippen molar-refractivity contribution in [2.75, 3.05) is 23.3 Å². The normalized spacial score (nSPS) is 24.7. The number of hydrogen-bond donors (Lipinski definition) is 3. The maximum Gasteiger partial charge on any atom is 0.421 e. The fraction of sp³-hybridized carbons (Fsp3) is 0.600. The molecule has 0 amide bonds. The zero-order valence-electron chi connectivity index (χ0n) is 21.4. The first-order valence-electron chi connectivity index (χ1n) is 12.5. The fourth-order valence-electron chi connectivity index (χ4n) is 4.93. The fourth-order valence-corrected chi connectivity index (χ4v) is 6.28. The number of β-amino-alcohol motifs (C(OH)–C–C–N with tert-alkyl or cyclic N) is 1. The molecule has 1 aliphatic heterocycles. The van der Waals surface area contributed by atoms with Crippen molar-refractivity contribution in [3.05, 3.63) is 35.5 Å². The van der Waals surface area contributed by atoms with Crippen molar-refractivity contribution in [2.24, 2.45) is 11.8 Å². The van der Waals surface area contributed by atoms with E-state index in [2.05, 4.69) is 33.9 Å². The molecule has 1 saturated heterocycles. The van der Waals surface area contributed by atoms with Crippen LogP contribution in [0.5, 0.6) is 0 Å². The summed E-state index contributed by atoms with van der Waals surface area (Å²) in [5.41, 5.74) is -1.06. The Labute approximate surface area is 215 Å². The third-order valence-electron chi connectivity index (χ3n) is 7.24. The number of alkyl halides is 3. The van der Waals surface area contributed by atoms with Crippen LogP contribution in [0.25, 0.3) is 0 Å². The number of hydrogen-bond acceptors (Lipinski definition) is 7. The molecule has 2 fully saturated rings. The van der Waals surface area contributed by atoms with Crippen molar-refractivity contribution < 1.29 is 26.7 Å². The van der Waals surface area contributed by atoms with Crippen molar-refractivity contribution in [1.29, 1.82) is 0 Å². The van der Waals surface area contributed by atoms with Gasteiger partial charge >= 0.3 is 6.18 Å². The summed E-state index contributed by atoms with van der Waals surface area (Å²) in [5.74, 6) is 0.681. The Kier molecular flexibility index (Phi) is 7.48. The van der Waals surface area contributed by atoms with E-state index in [9.17, 15) is 26.7 Å². The summed E-state index contributed by atoms with van der Waals surface area (Å²) in [6.45, 7) is 7.89. The van der Waals surface area contributed by atoms with Crippen LogP contribution in [0.15, 0.2) is 29.3 Å². The Balaban J connectivity index is 1.54. The molecule has 1 saturated carbocycles. The number of piperidine rings is 1. The van der Waals surface area contributed by atoms with E-state index in [1.54, 1.807) is 19.9 Å². The number of nitrogens with zero attached hydrogens (tertiary/aromatic N) is 3. The van der Waals surface area contributed by atoms with Gasteiger partial charge in [-0.2, -0.15) is 18.2 Å². The highest BCUT2D eigenvalue weighted by Gasteiger charge is 2.39. The van der Waals surface area contributed by atoms with Gasteiger partial charge in [-0.25, -0.2) is 18.1 Å². The molecule has 2 aromatic rings. The number of anilines is 3. The SMILES string of the molecule is Cc1cc(S(=O)(=O)NC2CC(C(C)C)C2)ccc1Nc1ncc(C(F)(F)F)c(N2CCCC(C)(O)C2)n1. The van der Waals surface area contributed by atoms with Crippen LogP contribution in [0.1, 0.15) is 57.6 Å². The molecule has 0 bridgehead atoms. The number of sulfonamides is 1. The highest BCUT2D eigenvalue weighted by Crippen LogP contribution is 2.38. The topological polar surface area (TPSA) is 107 Å². The van der Waals surface area contributed by atoms with Gasteiger partial charge in [-0.05, 0) is 75.1 Å². The largest absolute Gasteiger partial charge is 0.421 e. The van der Waals surface area contributed by atoms with Crippen molar-refractivity contribution in [2.45, 2.75) is 76.1 Å². The molecule has 1 unspecified atom stereocenters. The molecule has 2 aliphatic rings. The molecule has 37 heavy (non-hydrogen) atoms. The smallest absolute Gasteiger partial charge is 0.388 e. The number of rotatable bonds is 7. The van der Waals surface area contributed by atoms with Crippen LogP contribution >= 0.6 is 0 Å². The lowest BCUT2D eigenvalue weighted by atomic mass is 9.74. The molecule has 1 aliphatic carbocycles. The van der Waals surface area contributed by atoms with E-state index in [4.69, 9.17) is 0 Å². The lowest BCUT2D eigenvalue weighted by molar-refractivity contribution is -0.137. The van der Waals surface area contributed by atoms with E-state index >= 15 is 0 Å². The van der Waals surface area contributed by atoms with Crippen LogP contribution in [0, 0.1) is 18.8 Å². The van der Waals surface area contributed by atoms with Gasteiger partial charge in [-0.3, -0.25) is 0 Å². The van der Waals surface area contributed by atoms with Crippen LogP contribution in [0.3, 0.4) is 0 Å². The molecular weight excluding hydrogens is 507 g/mol. The van der Waals surface area contributed by atoms with Crippen molar-refractivity contribution >= 4 is 27.5 Å². The summed E-state index contributed by atoms with van der Waals surface area (Å²) >= 11 is 0. The Morgan fingerprint density at radius 3 is 2.54 bits per heavy atom. The van der Waals surface area contributed by atoms with Crippen molar-refractivity contribution in [3.63, 3.8) is 0 Å². The number of benzene rings is 1. The van der Waals surface area contributed by atoms with Gasteiger partial charge in [0, 0.05) is 31.0 Å². The monoisotopic (exact) mass is 541 g/mol. The minimum Gasteiger partial charge on any atom is -0.388 e. The molecule has 3 N–H and O–H groups in total. The second-order valence-electron chi connectivity index (χ2n) is 10.8. The summed E-state index contributed by atoms with van der Waals surface area (Å²) in [6.07, 6.45) is -1.28. The quantitative estimate of drug-likeness (QED) is 0.470. The predicted molar refractivity (Wildman–Crippen MR) is 135 cm³/mol. The van der Waals surface area contributed by atoms with E-state index < -0.39 is 27.4 Å². The second-order valence-corrected chi connectivity index (χ2v) is 12.6. The molecule has 1 atom stereocenters. The Morgan fingerprint density at radius 2 is 1.95 bits per heavy atom. The Bertz CT molecular complexity index is 1240. The summed E-state index contributed by atoms with van der Waals surface area (Å²) in [6, 6.07) is 4.43. The van der Waals surface area contributed by atoms with Gasteiger partial charge in [0.15, 0.2) is 0 Å². The molecule has 1 aromatic heterocycles. The van der Waals surface area contributed by atoms with E-state index in [0.717, 1.165) is 19.0 Å². The van der Waals surface area contributed by atoms with E-state index in [1.165, 1.54) is 17.0 Å². The van der Waals surface area contributed by atoms with Crippen LogP contribution < -0.4 is 14.9 Å². The van der Waals surface area contributed by atoms with Gasteiger partial charge in [0.2, 0.25) is 16.0 Å². The molecule has 2 heterocycles. The molecule has 0 spiro atoms. The van der Waals surface area contributed by atoms with E-state index in [-0.39, 0.29) is 29.2 Å². The molecular formula is C25H34F3N5O3S. The first-order chi connectivity index (χ1) is 17.1. The molecule has 1 aromatic carbocycles. The standard InChI is InChI=1S/C25H34F3N5O3S/c1-15(2)17-11-18(12-17)32-37(35,36)19-6-7-21(16(3)10-19)30-23-29-13-20(25(26,27)28)22(31-23)33-9-5-8-24(4,34)14-33/h6-7,10,13,15,17-18,32,34H,5,8-9,11-12,14H2,1-4H3,(H,29,30,31). The third-order valence-corrected chi connectivity index (χ3v) is 8.76. The van der Waals surface area contributed by atoms with Gasteiger partial charge in [0.25, 0.3) is 0 Å². The lowest BCUT2D eigenvalue weighted by Crippen LogP contribution is -2.47. The highest BCUT2D eigenvalue weighted by molar-refractivity contribution is 7.89. The average molecular weight is 542 g/mol. The third kappa shape index (κ3) is 6.35. The predicted octanol–water partition coefficient (Wildman–Crippen LogP) is 4.61. The summed E-state index contributed by atoms with van der Waals surface area (Å²) < 4.78 is 69.6. The molecule has 4 rings (SSSR count). The first-order valence-corrected chi connectivity index (χ1v) is 13.9. The average Bonchev–Trinajstić information content (AvgIpc) is 2.75. The maximum atomic E-state index is 13.7. The van der Waals surface area contributed by atoms with Crippen LogP contribution in [-0.2, 0) is 16.2 Å². The number of aromatic nitrogens is 2. The number of aliphatic hydroxyl groups is 1. The van der Waals surface area contributed by atoms with E-state index in [0.29, 0.717) is 42.5 Å². The van der Waals surface area contributed by atoms with Crippen LogP contribution in [0.2, 0.25) is 0 Å². The maximum absolute atomic E-state index is 13.7. The van der Waals surface area contributed by atoms with Crippen molar-refractivity contribution in [1.82, 2.24) is 14.7 Å². The molecule has 204 valence electrons. The molecule has 12 heteroatoms. The van der Waals surface area contributed by atoms with Crippen LogP contribution in [0.4, 0.5) is 30.6 Å². The molecule has 8 nitrogen and oxygen atoms in total.